The molecule has 5 nitrogen and oxygen atoms in total. The molecule has 1 heterocycles. The number of rotatable bonds is 9. The zero-order chi connectivity index (χ0) is 19.3. The van der Waals surface area contributed by atoms with Gasteiger partial charge in [-0.25, -0.2) is 4.39 Å². The van der Waals surface area contributed by atoms with Crippen molar-refractivity contribution >= 4 is 49.1 Å². The van der Waals surface area contributed by atoms with Crippen molar-refractivity contribution in [3.8, 4) is 11.5 Å². The van der Waals surface area contributed by atoms with Gasteiger partial charge in [-0.2, -0.15) is 0 Å². The molecule has 0 spiro atoms. The number of ether oxygens (including phenoxy) is 3. The van der Waals surface area contributed by atoms with Gasteiger partial charge in [0.25, 0.3) is 0 Å². The van der Waals surface area contributed by atoms with Crippen LogP contribution in [0.4, 0.5) is 4.39 Å². The van der Waals surface area contributed by atoms with Crippen molar-refractivity contribution in [3.05, 3.63) is 22.8 Å². The molecule has 8 heteroatoms. The largest absolute Gasteiger partial charge is 0.493 e. The third-order valence-electron chi connectivity index (χ3n) is 3.80. The van der Waals surface area contributed by atoms with E-state index in [4.69, 9.17) is 9.47 Å². The molecular formula is C18H20BrFO5S. The second kappa shape index (κ2) is 9.32. The van der Waals surface area contributed by atoms with Gasteiger partial charge in [-0.15, -0.1) is 11.3 Å². The van der Waals surface area contributed by atoms with E-state index < -0.39 is 17.7 Å². The molecule has 0 fully saturated rings. The van der Waals surface area contributed by atoms with Crippen LogP contribution < -0.4 is 9.47 Å². The Bertz CT molecular complexity index is 804. The quantitative estimate of drug-likeness (QED) is 0.244. The van der Waals surface area contributed by atoms with E-state index in [1.807, 2.05) is 0 Å². The first-order valence-electron chi connectivity index (χ1n) is 8.02. The smallest absolute Gasteiger partial charge is 0.308 e. The fraction of sp³-hybridized carbons (Fsp3) is 0.444. The second-order valence-electron chi connectivity index (χ2n) is 5.69. The summed E-state index contributed by atoms with van der Waals surface area (Å²) in [5.74, 6) is -1.46. The number of benzene rings is 1. The average Bonchev–Trinajstić information content (AvgIpc) is 3.07. The van der Waals surface area contributed by atoms with Gasteiger partial charge >= 0.3 is 5.97 Å². The van der Waals surface area contributed by atoms with E-state index in [1.54, 1.807) is 13.0 Å². The molecule has 0 saturated heterocycles. The van der Waals surface area contributed by atoms with Gasteiger partial charge in [0.05, 0.1) is 31.6 Å². The van der Waals surface area contributed by atoms with Crippen LogP contribution in [-0.4, -0.2) is 37.9 Å². The summed E-state index contributed by atoms with van der Waals surface area (Å²) in [6.07, 6.45) is 0.728. The summed E-state index contributed by atoms with van der Waals surface area (Å²) < 4.78 is 30.8. The number of carbonyl (C=O) groups excluding carboxylic acids is 2. The maximum atomic E-state index is 14.9. The molecule has 0 radical (unpaired) electrons. The average molecular weight is 447 g/mol. The van der Waals surface area contributed by atoms with Gasteiger partial charge < -0.3 is 14.2 Å². The molecule has 26 heavy (non-hydrogen) atoms. The van der Waals surface area contributed by atoms with Crippen LogP contribution in [0.25, 0.3) is 10.1 Å². The minimum Gasteiger partial charge on any atom is -0.493 e. The number of thiophene rings is 1. The maximum absolute atomic E-state index is 14.9. The summed E-state index contributed by atoms with van der Waals surface area (Å²) in [4.78, 5) is 24.3. The van der Waals surface area contributed by atoms with Crippen LogP contribution in [-0.2, 0) is 9.53 Å². The number of fused-ring (bicyclic) bond motifs is 1. The highest BCUT2D eigenvalue weighted by atomic mass is 79.9. The van der Waals surface area contributed by atoms with E-state index in [-0.39, 0.29) is 23.7 Å². The number of Topliss-reactive ketones (excluding diaryl/α,β-unsaturated/α-hetero) is 1. The lowest BCUT2D eigenvalue weighted by Gasteiger charge is -2.11. The van der Waals surface area contributed by atoms with Crippen LogP contribution in [0.15, 0.2) is 12.1 Å². The predicted octanol–water partition coefficient (Wildman–Crippen LogP) is 4.59. The number of methoxy groups -OCH3 is 2. The Morgan fingerprint density at radius 2 is 2.04 bits per heavy atom. The third kappa shape index (κ3) is 4.54. The maximum Gasteiger partial charge on any atom is 0.308 e. The second-order valence-corrected chi connectivity index (χ2v) is 7.56. The zero-order valence-corrected chi connectivity index (χ0v) is 17.2. The first-order chi connectivity index (χ1) is 12.4. The third-order valence-corrected chi connectivity index (χ3v) is 5.48. The molecular weight excluding hydrogens is 427 g/mol. The first kappa shape index (κ1) is 20.6. The molecule has 0 aliphatic rings. The summed E-state index contributed by atoms with van der Waals surface area (Å²) in [6.45, 7) is 1.97. The lowest BCUT2D eigenvalue weighted by Crippen LogP contribution is -2.16. The molecule has 1 aromatic carbocycles. The Labute approximate surface area is 163 Å². The number of hydrogen-bond donors (Lipinski definition) is 0. The molecule has 0 unspecified atom stereocenters. The number of halogens is 2. The van der Waals surface area contributed by atoms with Crippen LogP contribution in [0, 0.1) is 11.7 Å². The van der Waals surface area contributed by atoms with Crippen LogP contribution in [0.1, 0.15) is 29.4 Å². The minimum atomic E-state index is -0.555. The van der Waals surface area contributed by atoms with E-state index in [1.165, 1.54) is 20.3 Å². The van der Waals surface area contributed by atoms with Crippen molar-refractivity contribution in [1.82, 2.24) is 0 Å². The van der Waals surface area contributed by atoms with E-state index in [0.717, 1.165) is 23.1 Å². The highest BCUT2D eigenvalue weighted by Gasteiger charge is 2.23. The van der Waals surface area contributed by atoms with Gasteiger partial charge in [-0.3, -0.25) is 9.59 Å². The number of hydrogen-bond acceptors (Lipinski definition) is 6. The molecule has 1 aromatic heterocycles. The monoisotopic (exact) mass is 446 g/mol. The summed E-state index contributed by atoms with van der Waals surface area (Å²) in [7, 11) is 2.72. The summed E-state index contributed by atoms with van der Waals surface area (Å²) in [6, 6.07) is 3.16. The number of alkyl halides is 1. The van der Waals surface area contributed by atoms with Crippen molar-refractivity contribution in [2.45, 2.75) is 19.8 Å². The number of ketones is 1. The molecule has 0 aliphatic heterocycles. The summed E-state index contributed by atoms with van der Waals surface area (Å²) in [5.41, 5.74) is 0. The van der Waals surface area contributed by atoms with Crippen molar-refractivity contribution in [2.75, 3.05) is 26.2 Å². The van der Waals surface area contributed by atoms with Crippen molar-refractivity contribution in [1.29, 1.82) is 0 Å². The molecule has 142 valence electrons. The fourth-order valence-corrected chi connectivity index (χ4v) is 3.68. The van der Waals surface area contributed by atoms with E-state index in [9.17, 15) is 14.0 Å². The predicted molar refractivity (Wildman–Crippen MR) is 102 cm³/mol. The standard InChI is InChI=1S/C18H20BrFO5S/c1-10(18(22)24-3)7-12(21)15-8-11-14(26-15)9-13(23-2)17(16(11)20)25-6-4-5-19/h8-10H,4-7H2,1-3H3/t10-/m0/s1. The molecule has 0 N–H and O–H groups in total. The van der Waals surface area contributed by atoms with Gasteiger partial charge in [-0.05, 0) is 12.5 Å². The molecule has 2 aromatic rings. The fourth-order valence-electron chi connectivity index (χ4n) is 2.41. The lowest BCUT2D eigenvalue weighted by molar-refractivity contribution is -0.144. The summed E-state index contributed by atoms with van der Waals surface area (Å²) >= 11 is 4.46. The molecule has 0 amide bonds. The van der Waals surface area contributed by atoms with Crippen LogP contribution in [0.3, 0.4) is 0 Å². The normalized spacial score (nSPS) is 12.0. The molecule has 0 aliphatic carbocycles. The van der Waals surface area contributed by atoms with Gasteiger partial charge in [-0.1, -0.05) is 22.9 Å². The van der Waals surface area contributed by atoms with Gasteiger partial charge in [0.2, 0.25) is 0 Å². The van der Waals surface area contributed by atoms with Crippen molar-refractivity contribution in [2.24, 2.45) is 5.92 Å². The Balaban J connectivity index is 2.33. The zero-order valence-electron chi connectivity index (χ0n) is 14.8. The molecule has 2 rings (SSSR count). The van der Waals surface area contributed by atoms with E-state index in [2.05, 4.69) is 20.7 Å². The van der Waals surface area contributed by atoms with Crippen LogP contribution in [0.2, 0.25) is 0 Å². The van der Waals surface area contributed by atoms with Crippen molar-refractivity contribution < 1.29 is 28.2 Å². The SMILES string of the molecule is COC(=O)[C@@H](C)CC(=O)c1cc2c(F)c(OCCCBr)c(OC)cc2s1. The molecule has 0 bridgehead atoms. The van der Waals surface area contributed by atoms with Crippen LogP contribution >= 0.6 is 27.3 Å². The highest BCUT2D eigenvalue weighted by Crippen LogP contribution is 2.40. The highest BCUT2D eigenvalue weighted by molar-refractivity contribution is 9.09. The van der Waals surface area contributed by atoms with Gasteiger partial charge in [0, 0.05) is 27.9 Å². The Morgan fingerprint density at radius 1 is 1.31 bits per heavy atom. The first-order valence-corrected chi connectivity index (χ1v) is 9.96. The van der Waals surface area contributed by atoms with E-state index >= 15 is 0 Å². The van der Waals surface area contributed by atoms with Gasteiger partial charge in [0.15, 0.2) is 23.1 Å². The van der Waals surface area contributed by atoms with Crippen molar-refractivity contribution in [3.63, 3.8) is 0 Å². The van der Waals surface area contributed by atoms with Crippen LogP contribution in [0.5, 0.6) is 11.5 Å². The van der Waals surface area contributed by atoms with Gasteiger partial charge in [0.1, 0.15) is 0 Å². The number of carbonyl (C=O) groups is 2. The Morgan fingerprint density at radius 3 is 2.65 bits per heavy atom. The Hall–Kier alpha value is -1.67. The number of esters is 1. The minimum absolute atomic E-state index is 0.00680. The molecule has 1 atom stereocenters. The lowest BCUT2D eigenvalue weighted by atomic mass is 10.0. The molecule has 0 saturated carbocycles. The summed E-state index contributed by atoms with van der Waals surface area (Å²) in [5, 5.41) is 1.05. The van der Waals surface area contributed by atoms with E-state index in [0.29, 0.717) is 21.6 Å². The topological polar surface area (TPSA) is 61.8 Å². The Kier molecular flexibility index (Phi) is 7.40.